The molecule has 2 heterocycles. The zero-order valence-electron chi connectivity index (χ0n) is 11.5. The normalized spacial score (nSPS) is 10.7. The second-order valence-corrected chi connectivity index (χ2v) is 4.59. The van der Waals surface area contributed by atoms with Crippen LogP contribution in [0.4, 0.5) is 5.82 Å². The van der Waals surface area contributed by atoms with Crippen LogP contribution in [0.5, 0.6) is 5.75 Å². The highest BCUT2D eigenvalue weighted by Crippen LogP contribution is 2.21. The largest absolute Gasteiger partial charge is 0.496 e. The van der Waals surface area contributed by atoms with E-state index < -0.39 is 0 Å². The van der Waals surface area contributed by atoms with Crippen molar-refractivity contribution in [1.29, 1.82) is 0 Å². The van der Waals surface area contributed by atoms with E-state index >= 15 is 0 Å². The van der Waals surface area contributed by atoms with Crippen LogP contribution in [-0.2, 0) is 6.54 Å². The molecule has 3 aromatic rings. The number of nitrogens with zero attached hydrogens (tertiary/aromatic N) is 4. The summed E-state index contributed by atoms with van der Waals surface area (Å²) in [6.07, 6.45) is 3.66. The van der Waals surface area contributed by atoms with Gasteiger partial charge in [-0.2, -0.15) is 5.10 Å². The maximum absolute atomic E-state index is 5.38. The lowest BCUT2D eigenvalue weighted by atomic mass is 10.2. The second-order valence-electron chi connectivity index (χ2n) is 4.59. The first-order chi connectivity index (χ1) is 9.78. The molecule has 0 aliphatic carbocycles. The Morgan fingerprint density at radius 2 is 2.05 bits per heavy atom. The Hall–Kier alpha value is -2.56. The lowest BCUT2D eigenvalue weighted by molar-refractivity contribution is 0.409. The van der Waals surface area contributed by atoms with E-state index in [0.29, 0.717) is 0 Å². The van der Waals surface area contributed by atoms with Gasteiger partial charge in [-0.25, -0.2) is 9.50 Å². The van der Waals surface area contributed by atoms with Crippen LogP contribution < -0.4 is 9.64 Å². The molecule has 0 saturated carbocycles. The van der Waals surface area contributed by atoms with E-state index in [1.807, 2.05) is 43.6 Å². The summed E-state index contributed by atoms with van der Waals surface area (Å²) in [7, 11) is 3.71. The summed E-state index contributed by atoms with van der Waals surface area (Å²) < 4.78 is 7.13. The van der Waals surface area contributed by atoms with Gasteiger partial charge in [0.25, 0.3) is 0 Å². The summed E-state index contributed by atoms with van der Waals surface area (Å²) >= 11 is 0. The van der Waals surface area contributed by atoms with E-state index in [0.717, 1.165) is 29.3 Å². The molecule has 0 bridgehead atoms. The van der Waals surface area contributed by atoms with Gasteiger partial charge in [-0.3, -0.25) is 0 Å². The summed E-state index contributed by atoms with van der Waals surface area (Å²) in [5.41, 5.74) is 1.97. The monoisotopic (exact) mass is 268 g/mol. The summed E-state index contributed by atoms with van der Waals surface area (Å²) in [6, 6.07) is 11.9. The van der Waals surface area contributed by atoms with Gasteiger partial charge in [0, 0.05) is 31.4 Å². The molecule has 0 unspecified atom stereocenters. The van der Waals surface area contributed by atoms with Crippen molar-refractivity contribution in [3.8, 4) is 5.75 Å². The predicted molar refractivity (Wildman–Crippen MR) is 78.1 cm³/mol. The molecule has 5 nitrogen and oxygen atoms in total. The molecule has 1 aromatic carbocycles. The smallest absolute Gasteiger partial charge is 0.157 e. The highest BCUT2D eigenvalue weighted by Gasteiger charge is 2.08. The molecule has 102 valence electrons. The fraction of sp³-hybridized carbons (Fsp3) is 0.200. The first kappa shape index (κ1) is 12.5. The van der Waals surface area contributed by atoms with E-state index in [2.05, 4.69) is 21.0 Å². The number of aromatic nitrogens is 3. The summed E-state index contributed by atoms with van der Waals surface area (Å²) in [5.74, 6) is 1.80. The van der Waals surface area contributed by atoms with E-state index in [9.17, 15) is 0 Å². The van der Waals surface area contributed by atoms with Crippen LogP contribution in [0.25, 0.3) is 5.65 Å². The van der Waals surface area contributed by atoms with Crippen molar-refractivity contribution in [3.05, 3.63) is 54.4 Å². The number of benzene rings is 1. The average molecular weight is 268 g/mol. The molecule has 20 heavy (non-hydrogen) atoms. The van der Waals surface area contributed by atoms with Gasteiger partial charge in [0.15, 0.2) is 5.65 Å². The van der Waals surface area contributed by atoms with Crippen LogP contribution in [0.1, 0.15) is 5.56 Å². The van der Waals surface area contributed by atoms with Crippen molar-refractivity contribution in [1.82, 2.24) is 14.6 Å². The minimum absolute atomic E-state index is 0.737. The Balaban J connectivity index is 1.86. The quantitative estimate of drug-likeness (QED) is 0.728. The lowest BCUT2D eigenvalue weighted by Gasteiger charge is -2.19. The Labute approximate surface area is 117 Å². The number of methoxy groups -OCH3 is 1. The fourth-order valence-electron chi connectivity index (χ4n) is 2.19. The number of para-hydroxylation sites is 1. The third-order valence-corrected chi connectivity index (χ3v) is 3.23. The van der Waals surface area contributed by atoms with Gasteiger partial charge in [-0.15, -0.1) is 0 Å². The third-order valence-electron chi connectivity index (χ3n) is 3.23. The standard InChI is InChI=1S/C15H16N4O/c1-18(11-12-5-3-4-6-13(12)20-2)14-8-10-19-15(17-14)7-9-16-19/h3-10H,11H2,1-2H3. The second kappa shape index (κ2) is 5.21. The van der Waals surface area contributed by atoms with Gasteiger partial charge in [0.2, 0.25) is 0 Å². The summed E-state index contributed by atoms with van der Waals surface area (Å²) in [6.45, 7) is 0.737. The Bertz CT molecular complexity index is 722. The van der Waals surface area contributed by atoms with Crippen LogP contribution >= 0.6 is 0 Å². The van der Waals surface area contributed by atoms with Crippen LogP contribution in [0.2, 0.25) is 0 Å². The Morgan fingerprint density at radius 1 is 1.20 bits per heavy atom. The molecule has 5 heteroatoms. The van der Waals surface area contributed by atoms with Gasteiger partial charge in [-0.05, 0) is 12.1 Å². The predicted octanol–water partition coefficient (Wildman–Crippen LogP) is 2.37. The van der Waals surface area contributed by atoms with Crippen LogP contribution in [-0.4, -0.2) is 28.8 Å². The molecule has 0 aliphatic rings. The van der Waals surface area contributed by atoms with E-state index in [-0.39, 0.29) is 0 Å². The minimum atomic E-state index is 0.737. The van der Waals surface area contributed by atoms with E-state index in [1.165, 1.54) is 0 Å². The maximum atomic E-state index is 5.38. The SMILES string of the molecule is COc1ccccc1CN(C)c1ccn2nccc2n1. The fourth-order valence-corrected chi connectivity index (χ4v) is 2.19. The van der Waals surface area contributed by atoms with Gasteiger partial charge in [0.05, 0.1) is 13.3 Å². The Kier molecular flexibility index (Phi) is 3.25. The van der Waals surface area contributed by atoms with Gasteiger partial charge in [0.1, 0.15) is 11.6 Å². The number of fused-ring (bicyclic) bond motifs is 1. The van der Waals surface area contributed by atoms with Crippen LogP contribution in [0.3, 0.4) is 0 Å². The van der Waals surface area contributed by atoms with Gasteiger partial charge >= 0.3 is 0 Å². The highest BCUT2D eigenvalue weighted by molar-refractivity contribution is 5.48. The van der Waals surface area contributed by atoms with Gasteiger partial charge in [-0.1, -0.05) is 18.2 Å². The molecule has 0 aliphatic heterocycles. The van der Waals surface area contributed by atoms with Crippen molar-refractivity contribution < 1.29 is 4.74 Å². The number of hydrogen-bond donors (Lipinski definition) is 0. The molecule has 0 fully saturated rings. The zero-order chi connectivity index (χ0) is 13.9. The van der Waals surface area contributed by atoms with Crippen molar-refractivity contribution >= 4 is 11.5 Å². The molecule has 0 atom stereocenters. The lowest BCUT2D eigenvalue weighted by Crippen LogP contribution is -2.18. The summed E-state index contributed by atoms with van der Waals surface area (Å²) in [5, 5.41) is 4.15. The molecule has 0 saturated heterocycles. The van der Waals surface area contributed by atoms with Crippen molar-refractivity contribution in [2.75, 3.05) is 19.1 Å². The van der Waals surface area contributed by atoms with Gasteiger partial charge < -0.3 is 9.64 Å². The third kappa shape index (κ3) is 2.30. The van der Waals surface area contributed by atoms with E-state index in [1.54, 1.807) is 17.8 Å². The van der Waals surface area contributed by atoms with E-state index in [4.69, 9.17) is 4.74 Å². The zero-order valence-corrected chi connectivity index (χ0v) is 11.5. The summed E-state index contributed by atoms with van der Waals surface area (Å²) in [4.78, 5) is 6.66. The molecule has 0 N–H and O–H groups in total. The maximum Gasteiger partial charge on any atom is 0.157 e. The highest BCUT2D eigenvalue weighted by atomic mass is 16.5. The first-order valence-corrected chi connectivity index (χ1v) is 6.41. The molecule has 2 aromatic heterocycles. The van der Waals surface area contributed by atoms with Crippen LogP contribution in [0, 0.1) is 0 Å². The van der Waals surface area contributed by atoms with Crippen molar-refractivity contribution in [2.24, 2.45) is 0 Å². The van der Waals surface area contributed by atoms with Crippen LogP contribution in [0.15, 0.2) is 48.8 Å². The molecule has 0 spiro atoms. The number of rotatable bonds is 4. The molecular formula is C15H16N4O. The first-order valence-electron chi connectivity index (χ1n) is 6.41. The molecule has 3 rings (SSSR count). The number of ether oxygens (including phenoxy) is 1. The number of hydrogen-bond acceptors (Lipinski definition) is 4. The minimum Gasteiger partial charge on any atom is -0.496 e. The topological polar surface area (TPSA) is 42.7 Å². The molecule has 0 amide bonds. The van der Waals surface area contributed by atoms with Crippen molar-refractivity contribution in [2.45, 2.75) is 6.54 Å². The average Bonchev–Trinajstić information content (AvgIpc) is 2.95. The molecular weight excluding hydrogens is 252 g/mol. The Morgan fingerprint density at radius 3 is 2.90 bits per heavy atom. The van der Waals surface area contributed by atoms with Crippen molar-refractivity contribution in [3.63, 3.8) is 0 Å². The number of anilines is 1. The molecule has 0 radical (unpaired) electrons.